The number of nitrogens with zero attached hydrogens (tertiary/aromatic N) is 1. The summed E-state index contributed by atoms with van der Waals surface area (Å²) >= 11 is 0. The number of aryl methyl sites for hydroxylation is 4. The number of hydrogen-bond donors (Lipinski definition) is 1. The molecule has 1 aliphatic heterocycles. The Balaban J connectivity index is 1.85. The van der Waals surface area contributed by atoms with Crippen molar-refractivity contribution in [3.8, 4) is 0 Å². The van der Waals surface area contributed by atoms with E-state index in [1.807, 2.05) is 57.2 Å². The van der Waals surface area contributed by atoms with E-state index in [2.05, 4.69) is 12.2 Å². The van der Waals surface area contributed by atoms with Gasteiger partial charge in [0.2, 0.25) is 5.91 Å². The molecule has 0 aliphatic carbocycles. The monoisotopic (exact) mass is 336 g/mol. The van der Waals surface area contributed by atoms with Crippen LogP contribution in [0.3, 0.4) is 0 Å². The van der Waals surface area contributed by atoms with Gasteiger partial charge in [-0.05, 0) is 56.0 Å². The lowest BCUT2D eigenvalue weighted by Gasteiger charge is -2.21. The lowest BCUT2D eigenvalue weighted by molar-refractivity contribution is -0.121. The Labute approximate surface area is 148 Å². The Bertz CT molecular complexity index is 801. The average Bonchev–Trinajstić information content (AvgIpc) is 2.82. The van der Waals surface area contributed by atoms with Gasteiger partial charge in [-0.3, -0.25) is 9.59 Å². The summed E-state index contributed by atoms with van der Waals surface area (Å²) in [4.78, 5) is 26.8. The van der Waals surface area contributed by atoms with Crippen molar-refractivity contribution in [1.29, 1.82) is 0 Å². The SMILES string of the molecule is CCc1ccc(N[C@H]2CC(=O)N(c3c(C)cc(C)cc3C)C2=O)cc1. The number of benzene rings is 2. The Hall–Kier alpha value is -2.62. The molecule has 0 bridgehead atoms. The van der Waals surface area contributed by atoms with E-state index in [0.717, 1.165) is 34.5 Å². The van der Waals surface area contributed by atoms with Crippen LogP contribution >= 0.6 is 0 Å². The van der Waals surface area contributed by atoms with E-state index >= 15 is 0 Å². The Morgan fingerprint density at radius 2 is 1.64 bits per heavy atom. The third-order valence-corrected chi connectivity index (χ3v) is 4.71. The number of carbonyl (C=O) groups is 2. The first kappa shape index (κ1) is 17.2. The van der Waals surface area contributed by atoms with Gasteiger partial charge in [0, 0.05) is 5.69 Å². The molecule has 1 saturated heterocycles. The summed E-state index contributed by atoms with van der Waals surface area (Å²) in [6.07, 6.45) is 1.15. The molecule has 0 aromatic heterocycles. The van der Waals surface area contributed by atoms with Crippen molar-refractivity contribution >= 4 is 23.2 Å². The lowest BCUT2D eigenvalue weighted by Crippen LogP contribution is -2.35. The zero-order valence-corrected chi connectivity index (χ0v) is 15.2. The van der Waals surface area contributed by atoms with E-state index in [4.69, 9.17) is 0 Å². The highest BCUT2D eigenvalue weighted by molar-refractivity contribution is 6.23. The van der Waals surface area contributed by atoms with Crippen LogP contribution in [-0.4, -0.2) is 17.9 Å². The van der Waals surface area contributed by atoms with Gasteiger partial charge < -0.3 is 5.32 Å². The fourth-order valence-corrected chi connectivity index (χ4v) is 3.54. The zero-order chi connectivity index (χ0) is 18.1. The molecule has 1 heterocycles. The van der Waals surface area contributed by atoms with Crippen LogP contribution in [0.1, 0.15) is 35.6 Å². The highest BCUT2D eigenvalue weighted by atomic mass is 16.2. The van der Waals surface area contributed by atoms with Crippen LogP contribution in [0.4, 0.5) is 11.4 Å². The van der Waals surface area contributed by atoms with E-state index in [0.29, 0.717) is 0 Å². The Kier molecular flexibility index (Phi) is 4.62. The average molecular weight is 336 g/mol. The lowest BCUT2D eigenvalue weighted by atomic mass is 10.0. The van der Waals surface area contributed by atoms with Crippen LogP contribution in [0.15, 0.2) is 36.4 Å². The van der Waals surface area contributed by atoms with Crippen molar-refractivity contribution in [3.05, 3.63) is 58.7 Å². The Morgan fingerprint density at radius 1 is 1.04 bits per heavy atom. The second-order valence-electron chi connectivity index (χ2n) is 6.77. The fourth-order valence-electron chi connectivity index (χ4n) is 3.54. The third-order valence-electron chi connectivity index (χ3n) is 4.71. The van der Waals surface area contributed by atoms with Crippen molar-refractivity contribution < 1.29 is 9.59 Å². The van der Waals surface area contributed by atoms with E-state index in [9.17, 15) is 9.59 Å². The predicted octanol–water partition coefficient (Wildman–Crippen LogP) is 3.92. The van der Waals surface area contributed by atoms with Crippen molar-refractivity contribution in [2.75, 3.05) is 10.2 Å². The molecule has 1 fully saturated rings. The van der Waals surface area contributed by atoms with Gasteiger partial charge in [0.25, 0.3) is 5.91 Å². The summed E-state index contributed by atoms with van der Waals surface area (Å²) in [5.74, 6) is -0.331. The zero-order valence-electron chi connectivity index (χ0n) is 15.2. The first-order valence-electron chi connectivity index (χ1n) is 8.70. The van der Waals surface area contributed by atoms with Crippen molar-refractivity contribution in [1.82, 2.24) is 0 Å². The molecular weight excluding hydrogens is 312 g/mol. The summed E-state index contributed by atoms with van der Waals surface area (Å²) in [5, 5.41) is 3.21. The summed E-state index contributed by atoms with van der Waals surface area (Å²) < 4.78 is 0. The Morgan fingerprint density at radius 3 is 2.20 bits per heavy atom. The molecule has 0 saturated carbocycles. The van der Waals surface area contributed by atoms with Gasteiger partial charge in [0.1, 0.15) is 6.04 Å². The minimum absolute atomic E-state index is 0.150. The molecule has 2 amide bonds. The molecule has 4 heteroatoms. The number of nitrogens with one attached hydrogen (secondary N) is 1. The molecule has 4 nitrogen and oxygen atoms in total. The minimum Gasteiger partial charge on any atom is -0.373 e. The van der Waals surface area contributed by atoms with Gasteiger partial charge in [0.15, 0.2) is 0 Å². The molecular formula is C21H24N2O2. The molecule has 3 rings (SSSR count). The first-order chi connectivity index (χ1) is 11.9. The summed E-state index contributed by atoms with van der Waals surface area (Å²) in [7, 11) is 0. The standard InChI is InChI=1S/C21H24N2O2/c1-5-16-6-8-17(9-7-16)22-18-12-19(24)23(21(18)25)20-14(3)10-13(2)11-15(20)4/h6-11,18,22H,5,12H2,1-4H3/t18-/m0/s1. The van der Waals surface area contributed by atoms with Crippen LogP contribution in [0, 0.1) is 20.8 Å². The molecule has 0 spiro atoms. The number of anilines is 2. The second-order valence-corrected chi connectivity index (χ2v) is 6.77. The molecule has 2 aromatic rings. The molecule has 2 aromatic carbocycles. The van der Waals surface area contributed by atoms with Gasteiger partial charge in [0.05, 0.1) is 12.1 Å². The summed E-state index contributed by atoms with van der Waals surface area (Å²) in [5.41, 5.74) is 5.86. The molecule has 0 radical (unpaired) electrons. The van der Waals surface area contributed by atoms with E-state index in [-0.39, 0.29) is 18.2 Å². The molecule has 1 aliphatic rings. The first-order valence-corrected chi connectivity index (χ1v) is 8.70. The van der Waals surface area contributed by atoms with Crippen LogP contribution in [0.5, 0.6) is 0 Å². The largest absolute Gasteiger partial charge is 0.373 e. The van der Waals surface area contributed by atoms with Crippen LogP contribution < -0.4 is 10.2 Å². The minimum atomic E-state index is -0.514. The fraction of sp³-hybridized carbons (Fsp3) is 0.333. The smallest absolute Gasteiger partial charge is 0.256 e. The molecule has 1 N–H and O–H groups in total. The van der Waals surface area contributed by atoms with Crippen molar-refractivity contribution in [3.63, 3.8) is 0 Å². The maximum Gasteiger partial charge on any atom is 0.256 e. The molecule has 130 valence electrons. The summed E-state index contributed by atoms with van der Waals surface area (Å²) in [6.45, 7) is 8.01. The molecule has 25 heavy (non-hydrogen) atoms. The highest BCUT2D eigenvalue weighted by Gasteiger charge is 2.40. The maximum absolute atomic E-state index is 12.9. The third kappa shape index (κ3) is 3.29. The highest BCUT2D eigenvalue weighted by Crippen LogP contribution is 2.31. The van der Waals surface area contributed by atoms with Gasteiger partial charge in [-0.25, -0.2) is 4.90 Å². The number of amides is 2. The van der Waals surface area contributed by atoms with Crippen molar-refractivity contribution in [2.24, 2.45) is 0 Å². The summed E-state index contributed by atoms with van der Waals surface area (Å²) in [6, 6.07) is 11.5. The van der Waals surface area contributed by atoms with Gasteiger partial charge in [-0.15, -0.1) is 0 Å². The van der Waals surface area contributed by atoms with Crippen LogP contribution in [0.2, 0.25) is 0 Å². The molecule has 0 unspecified atom stereocenters. The number of hydrogen-bond acceptors (Lipinski definition) is 3. The quantitative estimate of drug-likeness (QED) is 0.861. The van der Waals surface area contributed by atoms with E-state index in [1.54, 1.807) is 0 Å². The normalized spacial score (nSPS) is 17.3. The van der Waals surface area contributed by atoms with Gasteiger partial charge in [-0.2, -0.15) is 0 Å². The second kappa shape index (κ2) is 6.71. The van der Waals surface area contributed by atoms with E-state index < -0.39 is 6.04 Å². The number of carbonyl (C=O) groups excluding carboxylic acids is 2. The predicted molar refractivity (Wildman–Crippen MR) is 101 cm³/mol. The number of imide groups is 1. The van der Waals surface area contributed by atoms with E-state index in [1.165, 1.54) is 10.5 Å². The van der Waals surface area contributed by atoms with Crippen LogP contribution in [0.25, 0.3) is 0 Å². The number of rotatable bonds is 4. The van der Waals surface area contributed by atoms with Gasteiger partial charge >= 0.3 is 0 Å². The maximum atomic E-state index is 12.9. The topological polar surface area (TPSA) is 49.4 Å². The molecule has 1 atom stereocenters. The van der Waals surface area contributed by atoms with Crippen molar-refractivity contribution in [2.45, 2.75) is 46.6 Å². The van der Waals surface area contributed by atoms with Crippen LogP contribution in [-0.2, 0) is 16.0 Å². The van der Waals surface area contributed by atoms with Gasteiger partial charge in [-0.1, -0.05) is 36.8 Å².